The number of anilines is 1. The normalized spacial score (nSPS) is 19.5. The first kappa shape index (κ1) is 16.7. The number of piperidine rings is 1. The summed E-state index contributed by atoms with van der Waals surface area (Å²) in [6.07, 6.45) is 6.80. The van der Waals surface area contributed by atoms with Crippen molar-refractivity contribution >= 4 is 29.3 Å². The molecule has 2 aliphatic rings. The van der Waals surface area contributed by atoms with Crippen LogP contribution in [0.15, 0.2) is 18.2 Å². The zero-order chi connectivity index (χ0) is 18.0. The van der Waals surface area contributed by atoms with Gasteiger partial charge in [-0.2, -0.15) is 0 Å². The number of terminal acetylenes is 1. The topological polar surface area (TPSA) is 95.6 Å². The van der Waals surface area contributed by atoms with Crippen molar-refractivity contribution in [1.29, 1.82) is 0 Å². The van der Waals surface area contributed by atoms with E-state index in [4.69, 9.17) is 6.42 Å². The van der Waals surface area contributed by atoms with E-state index < -0.39 is 29.7 Å². The number of nitrogens with one attached hydrogen (secondary N) is 2. The van der Waals surface area contributed by atoms with Gasteiger partial charge in [-0.3, -0.25) is 29.4 Å². The molecule has 128 valence electrons. The van der Waals surface area contributed by atoms with Gasteiger partial charge in [-0.25, -0.2) is 0 Å². The van der Waals surface area contributed by atoms with Crippen molar-refractivity contribution in [1.82, 2.24) is 10.2 Å². The highest BCUT2D eigenvalue weighted by Gasteiger charge is 2.45. The van der Waals surface area contributed by atoms with E-state index in [1.165, 1.54) is 0 Å². The average molecular weight is 339 g/mol. The summed E-state index contributed by atoms with van der Waals surface area (Å²) < 4.78 is 0. The number of carbonyl (C=O) groups is 4. The van der Waals surface area contributed by atoms with Gasteiger partial charge in [0.05, 0.1) is 11.1 Å². The van der Waals surface area contributed by atoms with Crippen LogP contribution in [-0.4, -0.2) is 41.1 Å². The first-order valence-corrected chi connectivity index (χ1v) is 8.06. The maximum absolute atomic E-state index is 12.8. The summed E-state index contributed by atoms with van der Waals surface area (Å²) in [5.74, 6) is 0.497. The molecule has 0 saturated carbocycles. The molecule has 1 fully saturated rings. The fraction of sp³-hybridized carbons (Fsp3) is 0.333. The lowest BCUT2D eigenvalue weighted by atomic mass is 10.0. The lowest BCUT2D eigenvalue weighted by Crippen LogP contribution is -2.54. The van der Waals surface area contributed by atoms with E-state index in [9.17, 15) is 19.2 Å². The summed E-state index contributed by atoms with van der Waals surface area (Å²) in [7, 11) is 0. The number of nitrogens with zero attached hydrogens (tertiary/aromatic N) is 1. The molecular weight excluding hydrogens is 322 g/mol. The highest BCUT2D eigenvalue weighted by molar-refractivity contribution is 6.25. The number of imide groups is 2. The van der Waals surface area contributed by atoms with E-state index in [0.717, 1.165) is 11.3 Å². The zero-order valence-corrected chi connectivity index (χ0v) is 13.5. The van der Waals surface area contributed by atoms with E-state index in [1.807, 2.05) is 0 Å². The third kappa shape index (κ3) is 2.98. The summed E-state index contributed by atoms with van der Waals surface area (Å²) >= 11 is 0. The van der Waals surface area contributed by atoms with Gasteiger partial charge in [-0.15, -0.1) is 12.3 Å². The SMILES string of the molecule is C#CCCCNc1cccc2c1C(=O)N(C1CCC(=O)NC1=O)C2=O. The van der Waals surface area contributed by atoms with E-state index in [-0.39, 0.29) is 24.0 Å². The summed E-state index contributed by atoms with van der Waals surface area (Å²) in [6, 6.07) is 4.00. The number of unbranched alkanes of at least 4 members (excludes halogenated alkanes) is 1. The number of carbonyl (C=O) groups excluding carboxylic acids is 4. The first-order valence-electron chi connectivity index (χ1n) is 8.06. The number of benzene rings is 1. The Bertz CT molecular complexity index is 809. The van der Waals surface area contributed by atoms with Crippen LogP contribution in [0.5, 0.6) is 0 Å². The molecule has 2 aliphatic heterocycles. The maximum Gasteiger partial charge on any atom is 0.264 e. The molecule has 1 aromatic carbocycles. The molecule has 7 nitrogen and oxygen atoms in total. The highest BCUT2D eigenvalue weighted by Crippen LogP contribution is 2.32. The summed E-state index contributed by atoms with van der Waals surface area (Å²) in [5.41, 5.74) is 1.07. The van der Waals surface area contributed by atoms with E-state index in [2.05, 4.69) is 16.6 Å². The van der Waals surface area contributed by atoms with Gasteiger partial charge in [-0.05, 0) is 25.0 Å². The van der Waals surface area contributed by atoms with Gasteiger partial charge in [0, 0.05) is 25.1 Å². The van der Waals surface area contributed by atoms with Gasteiger partial charge < -0.3 is 5.32 Å². The zero-order valence-electron chi connectivity index (χ0n) is 13.5. The van der Waals surface area contributed by atoms with Crippen molar-refractivity contribution in [3.8, 4) is 12.3 Å². The monoisotopic (exact) mass is 339 g/mol. The Morgan fingerprint density at radius 1 is 1.24 bits per heavy atom. The minimum Gasteiger partial charge on any atom is -0.384 e. The molecule has 1 aromatic rings. The summed E-state index contributed by atoms with van der Waals surface area (Å²) in [6.45, 7) is 0.570. The van der Waals surface area contributed by atoms with Crippen LogP contribution < -0.4 is 10.6 Å². The van der Waals surface area contributed by atoms with Gasteiger partial charge in [0.25, 0.3) is 11.8 Å². The largest absolute Gasteiger partial charge is 0.384 e. The molecule has 1 unspecified atom stereocenters. The van der Waals surface area contributed by atoms with Crippen LogP contribution in [0.3, 0.4) is 0 Å². The molecule has 4 amide bonds. The Balaban J connectivity index is 1.85. The molecule has 0 bridgehead atoms. The van der Waals surface area contributed by atoms with Crippen LogP contribution in [0, 0.1) is 12.3 Å². The fourth-order valence-electron chi connectivity index (χ4n) is 3.08. The molecule has 0 aromatic heterocycles. The van der Waals surface area contributed by atoms with Gasteiger partial charge >= 0.3 is 0 Å². The van der Waals surface area contributed by atoms with Crippen molar-refractivity contribution < 1.29 is 19.2 Å². The summed E-state index contributed by atoms with van der Waals surface area (Å²) in [4.78, 5) is 49.8. The molecule has 25 heavy (non-hydrogen) atoms. The Kier molecular flexibility index (Phi) is 4.52. The molecular formula is C18H17N3O4. The smallest absolute Gasteiger partial charge is 0.264 e. The number of rotatable bonds is 5. The van der Waals surface area contributed by atoms with Crippen molar-refractivity contribution in [2.75, 3.05) is 11.9 Å². The van der Waals surface area contributed by atoms with E-state index >= 15 is 0 Å². The number of hydrogen-bond acceptors (Lipinski definition) is 5. The van der Waals surface area contributed by atoms with E-state index in [0.29, 0.717) is 18.7 Å². The molecule has 0 radical (unpaired) electrons. The number of hydrogen-bond donors (Lipinski definition) is 2. The predicted molar refractivity (Wildman–Crippen MR) is 89.7 cm³/mol. The third-order valence-corrected chi connectivity index (χ3v) is 4.28. The lowest BCUT2D eigenvalue weighted by Gasteiger charge is -2.27. The minimum absolute atomic E-state index is 0.0982. The number of amides is 4. The van der Waals surface area contributed by atoms with Crippen molar-refractivity contribution in [3.63, 3.8) is 0 Å². The van der Waals surface area contributed by atoms with Crippen LogP contribution in [0.4, 0.5) is 5.69 Å². The Morgan fingerprint density at radius 3 is 2.76 bits per heavy atom. The standard InChI is InChI=1S/C18H17N3O4/c1-2-3-4-10-19-12-7-5-6-11-15(12)18(25)21(17(11)24)13-8-9-14(22)20-16(13)23/h1,5-7,13,19H,3-4,8-10H2,(H,20,22,23). The van der Waals surface area contributed by atoms with Crippen LogP contribution in [0.2, 0.25) is 0 Å². The lowest BCUT2D eigenvalue weighted by molar-refractivity contribution is -0.136. The molecule has 3 rings (SSSR count). The quantitative estimate of drug-likeness (QED) is 0.472. The second kappa shape index (κ2) is 6.77. The van der Waals surface area contributed by atoms with Crippen LogP contribution in [0.1, 0.15) is 46.4 Å². The van der Waals surface area contributed by atoms with Gasteiger partial charge in [0.1, 0.15) is 6.04 Å². The van der Waals surface area contributed by atoms with Gasteiger partial charge in [0.15, 0.2) is 0 Å². The molecule has 0 spiro atoms. The Labute approximate surface area is 144 Å². The van der Waals surface area contributed by atoms with Crippen molar-refractivity contribution in [3.05, 3.63) is 29.3 Å². The average Bonchev–Trinajstić information content (AvgIpc) is 2.84. The van der Waals surface area contributed by atoms with E-state index in [1.54, 1.807) is 18.2 Å². The van der Waals surface area contributed by atoms with Crippen molar-refractivity contribution in [2.24, 2.45) is 0 Å². The van der Waals surface area contributed by atoms with Crippen LogP contribution >= 0.6 is 0 Å². The van der Waals surface area contributed by atoms with Gasteiger partial charge in [0.2, 0.25) is 11.8 Å². The minimum atomic E-state index is -0.959. The Morgan fingerprint density at radius 2 is 2.04 bits per heavy atom. The predicted octanol–water partition coefficient (Wildman–Crippen LogP) is 0.913. The van der Waals surface area contributed by atoms with Gasteiger partial charge in [-0.1, -0.05) is 6.07 Å². The first-order chi connectivity index (χ1) is 12.0. The molecule has 1 atom stereocenters. The van der Waals surface area contributed by atoms with Crippen molar-refractivity contribution in [2.45, 2.75) is 31.7 Å². The third-order valence-electron chi connectivity index (χ3n) is 4.28. The molecule has 1 saturated heterocycles. The molecule has 7 heteroatoms. The van der Waals surface area contributed by atoms with Crippen LogP contribution in [-0.2, 0) is 9.59 Å². The second-order valence-electron chi connectivity index (χ2n) is 5.91. The number of fused-ring (bicyclic) bond motifs is 1. The maximum atomic E-state index is 12.8. The summed E-state index contributed by atoms with van der Waals surface area (Å²) in [5, 5.41) is 5.30. The highest BCUT2D eigenvalue weighted by atomic mass is 16.2. The molecule has 2 N–H and O–H groups in total. The van der Waals surface area contributed by atoms with Crippen LogP contribution in [0.25, 0.3) is 0 Å². The molecule has 2 heterocycles. The Hall–Kier alpha value is -3.14. The fourth-order valence-corrected chi connectivity index (χ4v) is 3.08. The second-order valence-corrected chi connectivity index (χ2v) is 5.91. The molecule has 0 aliphatic carbocycles.